The van der Waals surface area contributed by atoms with E-state index in [1.807, 2.05) is 24.3 Å². The second-order valence-electron chi connectivity index (χ2n) is 10.2. The summed E-state index contributed by atoms with van der Waals surface area (Å²) >= 11 is 0. The molecule has 0 bridgehead atoms. The third-order valence-corrected chi connectivity index (χ3v) is 9.48. The highest BCUT2D eigenvalue weighted by molar-refractivity contribution is 7.92. The van der Waals surface area contributed by atoms with Crippen molar-refractivity contribution >= 4 is 15.7 Å². The fourth-order valence-electron chi connectivity index (χ4n) is 4.59. The summed E-state index contributed by atoms with van der Waals surface area (Å²) in [5, 5.41) is 32.8. The fraction of sp³-hybridized carbons (Fsp3) is 0.357. The summed E-state index contributed by atoms with van der Waals surface area (Å²) < 4.78 is 24.8. The van der Waals surface area contributed by atoms with Gasteiger partial charge in [-0.1, -0.05) is 36.4 Å². The Morgan fingerprint density at radius 2 is 1.76 bits per heavy atom. The molecule has 202 valence electrons. The number of hydrogen-bond donors (Lipinski definition) is 4. The zero-order valence-corrected chi connectivity index (χ0v) is 22.1. The van der Waals surface area contributed by atoms with Crippen LogP contribution in [-0.4, -0.2) is 57.9 Å². The summed E-state index contributed by atoms with van der Waals surface area (Å²) in [4.78, 5) is 25.4. The van der Waals surface area contributed by atoms with Crippen molar-refractivity contribution in [1.82, 2.24) is 9.88 Å². The van der Waals surface area contributed by atoms with E-state index in [9.17, 15) is 33.3 Å². The van der Waals surface area contributed by atoms with Crippen LogP contribution in [0.5, 0.6) is 5.75 Å². The topological polar surface area (TPSA) is 146 Å². The number of pyridine rings is 1. The normalized spacial score (nSPS) is 19.7. The van der Waals surface area contributed by atoms with E-state index in [1.165, 1.54) is 31.3 Å². The maximum atomic E-state index is 12.9. The molecular formula is C28H32N2O7S. The highest BCUT2D eigenvalue weighted by Gasteiger charge is 2.39. The molecule has 0 radical (unpaired) electrons. The molecule has 9 nitrogen and oxygen atoms in total. The summed E-state index contributed by atoms with van der Waals surface area (Å²) in [6, 6.07) is 16.7. The number of aromatic nitrogens is 1. The predicted octanol–water partition coefficient (Wildman–Crippen LogP) is 2.57. The van der Waals surface area contributed by atoms with Crippen LogP contribution in [0.15, 0.2) is 71.7 Å². The van der Waals surface area contributed by atoms with E-state index in [2.05, 4.69) is 5.32 Å². The van der Waals surface area contributed by atoms with Crippen LogP contribution in [0.3, 0.4) is 0 Å². The molecule has 38 heavy (non-hydrogen) atoms. The van der Waals surface area contributed by atoms with Crippen molar-refractivity contribution in [2.45, 2.75) is 49.2 Å². The van der Waals surface area contributed by atoms with E-state index in [0.717, 1.165) is 34.8 Å². The van der Waals surface area contributed by atoms with Crippen molar-refractivity contribution in [3.8, 4) is 16.9 Å². The summed E-state index contributed by atoms with van der Waals surface area (Å²) in [6.07, 6.45) is 1.86. The summed E-state index contributed by atoms with van der Waals surface area (Å²) in [5.41, 5.74) is 2.10. The third-order valence-electron chi connectivity index (χ3n) is 7.38. The number of aromatic hydroxyl groups is 1. The second kappa shape index (κ2) is 10.7. The molecule has 3 aromatic rings. The van der Waals surface area contributed by atoms with Gasteiger partial charge in [-0.3, -0.25) is 14.2 Å². The minimum Gasteiger partial charge on any atom is -0.507 e. The highest BCUT2D eigenvalue weighted by Crippen LogP contribution is 2.37. The van der Waals surface area contributed by atoms with Gasteiger partial charge in [-0.05, 0) is 60.6 Å². The molecule has 4 rings (SSSR count). The van der Waals surface area contributed by atoms with Crippen molar-refractivity contribution < 1.29 is 28.5 Å². The number of para-hydroxylation sites is 1. The maximum Gasteiger partial charge on any atom is 0.255 e. The second-order valence-corrected chi connectivity index (χ2v) is 12.7. The van der Waals surface area contributed by atoms with E-state index in [4.69, 9.17) is 0 Å². The summed E-state index contributed by atoms with van der Waals surface area (Å²) in [6.45, 7) is 1.05. The number of rotatable bonds is 9. The zero-order chi connectivity index (χ0) is 27.7. The van der Waals surface area contributed by atoms with Crippen molar-refractivity contribution in [2.75, 3.05) is 12.8 Å². The largest absolute Gasteiger partial charge is 0.507 e. The molecule has 0 aliphatic heterocycles. The van der Waals surface area contributed by atoms with Crippen molar-refractivity contribution in [2.24, 2.45) is 0 Å². The number of phenols is 1. The zero-order valence-electron chi connectivity index (χ0n) is 21.2. The molecule has 2 unspecified atom stereocenters. The van der Waals surface area contributed by atoms with E-state index in [-0.39, 0.29) is 30.4 Å². The number of sulfone groups is 1. The van der Waals surface area contributed by atoms with Crippen LogP contribution in [0.4, 0.5) is 0 Å². The van der Waals surface area contributed by atoms with Gasteiger partial charge in [0.1, 0.15) is 12.0 Å². The molecule has 1 aliphatic carbocycles. The molecule has 1 fully saturated rings. The standard InChI is InChI=1S/C28H32N2O7S/c1-28(38(2,36)37,17-29-27(35)23-5-3-4-6-24(23)32)16-26(34)30-12-11-20(15-25(30)33)18-7-9-19(10-8-18)21-13-22(31)14-21/h3-12,15,21-22,26,31-32,34H,13-14,16-17H2,1-2H3,(H,29,35). The Morgan fingerprint density at radius 1 is 1.11 bits per heavy atom. The lowest BCUT2D eigenvalue weighted by Gasteiger charge is -2.31. The molecule has 1 amide bonds. The molecule has 1 aromatic heterocycles. The van der Waals surface area contributed by atoms with Crippen LogP contribution >= 0.6 is 0 Å². The van der Waals surface area contributed by atoms with Gasteiger partial charge >= 0.3 is 0 Å². The van der Waals surface area contributed by atoms with Gasteiger partial charge in [-0.25, -0.2) is 8.42 Å². The predicted molar refractivity (Wildman–Crippen MR) is 144 cm³/mol. The lowest BCUT2D eigenvalue weighted by atomic mass is 9.77. The number of hydrogen-bond acceptors (Lipinski definition) is 7. The Labute approximate surface area is 221 Å². The first-order chi connectivity index (χ1) is 17.9. The Morgan fingerprint density at radius 3 is 2.34 bits per heavy atom. The lowest BCUT2D eigenvalue weighted by molar-refractivity contribution is 0.0746. The first-order valence-corrected chi connectivity index (χ1v) is 14.2. The lowest BCUT2D eigenvalue weighted by Crippen LogP contribution is -2.48. The molecule has 0 saturated heterocycles. The number of phenolic OH excluding ortho intramolecular Hbond substituents is 1. The van der Waals surface area contributed by atoms with Crippen LogP contribution in [0, 0.1) is 0 Å². The average Bonchev–Trinajstić information content (AvgIpc) is 2.85. The first-order valence-electron chi connectivity index (χ1n) is 12.3. The quantitative estimate of drug-likeness (QED) is 0.326. The van der Waals surface area contributed by atoms with Gasteiger partial charge in [-0.15, -0.1) is 0 Å². The molecule has 0 spiro atoms. The molecule has 10 heteroatoms. The van der Waals surface area contributed by atoms with E-state index < -0.39 is 32.3 Å². The highest BCUT2D eigenvalue weighted by atomic mass is 32.2. The van der Waals surface area contributed by atoms with Crippen LogP contribution in [0.2, 0.25) is 0 Å². The van der Waals surface area contributed by atoms with Crippen molar-refractivity contribution in [3.05, 3.63) is 88.3 Å². The van der Waals surface area contributed by atoms with E-state index in [0.29, 0.717) is 11.5 Å². The minimum atomic E-state index is -3.80. The SMILES string of the molecule is CC(CNC(=O)c1ccccc1O)(CC(O)n1ccc(-c2ccc(C3CC(O)C3)cc2)cc1=O)S(C)(=O)=O. The summed E-state index contributed by atoms with van der Waals surface area (Å²) in [5.74, 6) is -0.558. The van der Waals surface area contributed by atoms with Crippen LogP contribution in [0.1, 0.15) is 54.3 Å². The Kier molecular flexibility index (Phi) is 7.78. The van der Waals surface area contributed by atoms with Gasteiger partial charge in [0.05, 0.1) is 16.4 Å². The van der Waals surface area contributed by atoms with Gasteiger partial charge in [0.25, 0.3) is 11.5 Å². The number of carbonyl (C=O) groups excluding carboxylic acids is 1. The van der Waals surface area contributed by atoms with Gasteiger partial charge in [0, 0.05) is 31.5 Å². The molecule has 1 heterocycles. The first kappa shape index (κ1) is 27.6. The van der Waals surface area contributed by atoms with Crippen molar-refractivity contribution in [3.63, 3.8) is 0 Å². The Hall–Kier alpha value is -3.47. The van der Waals surface area contributed by atoms with E-state index in [1.54, 1.807) is 18.2 Å². The Bertz CT molecular complexity index is 1480. The minimum absolute atomic E-state index is 0.00554. The average molecular weight is 541 g/mol. The molecule has 1 aliphatic rings. The smallest absolute Gasteiger partial charge is 0.255 e. The Balaban J connectivity index is 1.48. The van der Waals surface area contributed by atoms with Gasteiger partial charge in [0.15, 0.2) is 9.84 Å². The number of amides is 1. The number of carbonyl (C=O) groups is 1. The van der Waals surface area contributed by atoms with E-state index >= 15 is 0 Å². The number of aliphatic hydroxyl groups is 2. The van der Waals surface area contributed by atoms with Crippen LogP contribution < -0.4 is 10.9 Å². The fourth-order valence-corrected chi connectivity index (χ4v) is 5.38. The van der Waals surface area contributed by atoms with Crippen LogP contribution in [0.25, 0.3) is 11.1 Å². The number of aliphatic hydroxyl groups excluding tert-OH is 2. The molecule has 2 aromatic carbocycles. The molecule has 2 atom stereocenters. The molecule has 4 N–H and O–H groups in total. The van der Waals surface area contributed by atoms with Gasteiger partial charge in [0.2, 0.25) is 0 Å². The number of benzene rings is 2. The number of nitrogens with one attached hydrogen (secondary N) is 1. The molecular weight excluding hydrogens is 508 g/mol. The maximum absolute atomic E-state index is 12.9. The third kappa shape index (κ3) is 5.82. The monoisotopic (exact) mass is 540 g/mol. The van der Waals surface area contributed by atoms with Crippen molar-refractivity contribution in [1.29, 1.82) is 0 Å². The van der Waals surface area contributed by atoms with Gasteiger partial charge < -0.3 is 20.6 Å². The summed E-state index contributed by atoms with van der Waals surface area (Å²) in [7, 11) is -3.80. The molecule has 1 saturated carbocycles. The van der Waals surface area contributed by atoms with Crippen LogP contribution in [-0.2, 0) is 9.84 Å². The number of nitrogens with zero attached hydrogens (tertiary/aromatic N) is 1. The van der Waals surface area contributed by atoms with Gasteiger partial charge in [-0.2, -0.15) is 0 Å².